The second-order valence-electron chi connectivity index (χ2n) is 6.26. The molecule has 26 heavy (non-hydrogen) atoms. The fourth-order valence-electron chi connectivity index (χ4n) is 2.68. The van der Waals surface area contributed by atoms with Crippen LogP contribution < -0.4 is 16.4 Å². The van der Waals surface area contributed by atoms with Crippen LogP contribution in [0.25, 0.3) is 11.5 Å². The molecule has 134 valence electrons. The van der Waals surface area contributed by atoms with Gasteiger partial charge >= 0.3 is 0 Å². The number of nitrogens with zero attached hydrogens (tertiary/aromatic N) is 4. The van der Waals surface area contributed by atoms with Gasteiger partial charge in [-0.3, -0.25) is 4.98 Å². The summed E-state index contributed by atoms with van der Waals surface area (Å²) < 4.78 is 5.25. The molecule has 0 amide bonds. The molecule has 0 spiro atoms. The molecule has 0 radical (unpaired) electrons. The van der Waals surface area contributed by atoms with Crippen molar-refractivity contribution in [3.63, 3.8) is 0 Å². The summed E-state index contributed by atoms with van der Waals surface area (Å²) in [6.07, 6.45) is 9.96. The van der Waals surface area contributed by atoms with Gasteiger partial charge in [0, 0.05) is 18.3 Å². The van der Waals surface area contributed by atoms with Crippen molar-refractivity contribution in [1.82, 2.24) is 19.9 Å². The summed E-state index contributed by atoms with van der Waals surface area (Å²) in [5.41, 5.74) is 8.30. The zero-order valence-electron chi connectivity index (χ0n) is 14.4. The topological polar surface area (TPSA) is 115 Å². The van der Waals surface area contributed by atoms with Gasteiger partial charge in [-0.25, -0.2) is 9.97 Å². The van der Waals surface area contributed by atoms with Crippen molar-refractivity contribution in [3.05, 3.63) is 42.7 Å². The van der Waals surface area contributed by atoms with E-state index in [1.807, 2.05) is 18.3 Å². The summed E-state index contributed by atoms with van der Waals surface area (Å²) in [5, 5.41) is 6.58. The Hall–Kier alpha value is -3.00. The molecule has 0 aliphatic heterocycles. The highest BCUT2D eigenvalue weighted by atomic mass is 16.3. The van der Waals surface area contributed by atoms with Gasteiger partial charge in [-0.1, -0.05) is 0 Å². The van der Waals surface area contributed by atoms with Crippen molar-refractivity contribution in [2.45, 2.75) is 25.2 Å². The lowest BCUT2D eigenvalue weighted by Gasteiger charge is -2.12. The number of anilines is 3. The Labute approximate surface area is 151 Å². The second-order valence-corrected chi connectivity index (χ2v) is 6.26. The molecule has 0 bridgehead atoms. The molecular weight excluding hydrogens is 330 g/mol. The van der Waals surface area contributed by atoms with Crippen molar-refractivity contribution in [1.29, 1.82) is 0 Å². The average Bonchev–Trinajstić information content (AvgIpc) is 3.36. The summed E-state index contributed by atoms with van der Waals surface area (Å²) in [6.45, 7) is 1.46. The Morgan fingerprint density at radius 2 is 2.08 bits per heavy atom. The van der Waals surface area contributed by atoms with Crippen LogP contribution >= 0.6 is 0 Å². The average molecular weight is 351 g/mol. The van der Waals surface area contributed by atoms with Crippen LogP contribution in [0.4, 0.5) is 17.5 Å². The smallest absolute Gasteiger partial charge is 0.229 e. The first kappa shape index (κ1) is 16.5. The highest BCUT2D eigenvalue weighted by Crippen LogP contribution is 2.42. The van der Waals surface area contributed by atoms with Gasteiger partial charge in [0.2, 0.25) is 5.95 Å². The molecule has 1 aliphatic rings. The second kappa shape index (κ2) is 7.49. The standard InChI is InChI=1S/C18H21N7O/c19-6-1-7-21-17-14(12-2-3-12)9-23-18(25-17)24-13-4-5-15(22-8-13)16-10-20-11-26-16/h4-5,8-12H,1-3,6-7,19H2,(H2,21,23,24,25). The number of hydrogen-bond donors (Lipinski definition) is 3. The number of pyridine rings is 1. The van der Waals surface area contributed by atoms with Crippen LogP contribution in [0.5, 0.6) is 0 Å². The highest BCUT2D eigenvalue weighted by Gasteiger charge is 2.27. The van der Waals surface area contributed by atoms with Gasteiger partial charge in [0.15, 0.2) is 12.2 Å². The quantitative estimate of drug-likeness (QED) is 0.531. The number of rotatable bonds is 8. The van der Waals surface area contributed by atoms with Crippen LogP contribution in [0.2, 0.25) is 0 Å². The zero-order chi connectivity index (χ0) is 17.8. The molecule has 3 aromatic rings. The number of oxazole rings is 1. The van der Waals surface area contributed by atoms with E-state index in [1.54, 1.807) is 12.4 Å². The van der Waals surface area contributed by atoms with E-state index in [0.717, 1.165) is 30.2 Å². The van der Waals surface area contributed by atoms with Gasteiger partial charge < -0.3 is 20.8 Å². The van der Waals surface area contributed by atoms with Crippen molar-refractivity contribution in [3.8, 4) is 11.5 Å². The molecule has 0 aromatic carbocycles. The minimum absolute atomic E-state index is 0.541. The van der Waals surface area contributed by atoms with Crippen molar-refractivity contribution in [2.24, 2.45) is 5.73 Å². The maximum absolute atomic E-state index is 5.58. The van der Waals surface area contributed by atoms with Gasteiger partial charge in [0.25, 0.3) is 0 Å². The minimum Gasteiger partial charge on any atom is -0.442 e. The summed E-state index contributed by atoms with van der Waals surface area (Å²) in [6, 6.07) is 3.77. The van der Waals surface area contributed by atoms with E-state index < -0.39 is 0 Å². The maximum atomic E-state index is 5.58. The first-order chi connectivity index (χ1) is 12.8. The third-order valence-electron chi connectivity index (χ3n) is 4.21. The summed E-state index contributed by atoms with van der Waals surface area (Å²) in [4.78, 5) is 17.4. The predicted octanol–water partition coefficient (Wildman–Crippen LogP) is 2.91. The Morgan fingerprint density at radius 3 is 2.77 bits per heavy atom. The SMILES string of the molecule is NCCCNc1nc(Nc2ccc(-c3cnco3)nc2)ncc1C1CC1. The Morgan fingerprint density at radius 1 is 1.15 bits per heavy atom. The number of nitrogens with two attached hydrogens (primary N) is 1. The van der Waals surface area contributed by atoms with Gasteiger partial charge in [0.1, 0.15) is 11.5 Å². The maximum Gasteiger partial charge on any atom is 0.229 e. The molecule has 0 atom stereocenters. The van der Waals surface area contributed by atoms with Gasteiger partial charge in [-0.05, 0) is 43.9 Å². The Balaban J connectivity index is 1.49. The summed E-state index contributed by atoms with van der Waals surface area (Å²) >= 11 is 0. The van der Waals surface area contributed by atoms with E-state index >= 15 is 0 Å². The van der Waals surface area contributed by atoms with Crippen LogP contribution in [-0.4, -0.2) is 33.0 Å². The molecule has 1 fully saturated rings. The normalized spacial score (nSPS) is 13.6. The number of aromatic nitrogens is 4. The number of hydrogen-bond acceptors (Lipinski definition) is 8. The third-order valence-corrected chi connectivity index (χ3v) is 4.21. The lowest BCUT2D eigenvalue weighted by Crippen LogP contribution is -2.12. The van der Waals surface area contributed by atoms with Crippen molar-refractivity contribution < 1.29 is 4.42 Å². The summed E-state index contributed by atoms with van der Waals surface area (Å²) in [5.74, 6) is 2.64. The van der Waals surface area contributed by atoms with E-state index in [-0.39, 0.29) is 0 Å². The van der Waals surface area contributed by atoms with Crippen LogP contribution in [0.15, 0.2) is 41.5 Å². The zero-order valence-corrected chi connectivity index (χ0v) is 14.4. The first-order valence-corrected chi connectivity index (χ1v) is 8.76. The van der Waals surface area contributed by atoms with E-state index in [2.05, 4.69) is 30.6 Å². The summed E-state index contributed by atoms with van der Waals surface area (Å²) in [7, 11) is 0. The molecule has 1 saturated carbocycles. The van der Waals surface area contributed by atoms with Crippen LogP contribution in [-0.2, 0) is 0 Å². The fourth-order valence-corrected chi connectivity index (χ4v) is 2.68. The lowest BCUT2D eigenvalue weighted by atomic mass is 10.2. The van der Waals surface area contributed by atoms with E-state index in [1.165, 1.54) is 24.8 Å². The molecule has 4 N–H and O–H groups in total. The molecular formula is C18H21N7O. The Kier molecular flexibility index (Phi) is 4.74. The monoisotopic (exact) mass is 351 g/mol. The molecule has 8 heteroatoms. The van der Waals surface area contributed by atoms with Crippen LogP contribution in [0.3, 0.4) is 0 Å². The number of nitrogens with one attached hydrogen (secondary N) is 2. The Bertz CT molecular complexity index is 844. The lowest BCUT2D eigenvalue weighted by molar-refractivity contribution is 0.570. The molecule has 1 aliphatic carbocycles. The third kappa shape index (κ3) is 3.80. The van der Waals surface area contributed by atoms with E-state index in [9.17, 15) is 0 Å². The van der Waals surface area contributed by atoms with E-state index in [4.69, 9.17) is 10.2 Å². The first-order valence-electron chi connectivity index (χ1n) is 8.76. The molecule has 4 rings (SSSR count). The van der Waals surface area contributed by atoms with Gasteiger partial charge in [-0.2, -0.15) is 4.98 Å². The van der Waals surface area contributed by atoms with Crippen molar-refractivity contribution >= 4 is 17.5 Å². The van der Waals surface area contributed by atoms with Crippen molar-refractivity contribution in [2.75, 3.05) is 23.7 Å². The highest BCUT2D eigenvalue weighted by molar-refractivity contribution is 5.59. The molecule has 3 heterocycles. The largest absolute Gasteiger partial charge is 0.442 e. The molecule has 0 unspecified atom stereocenters. The van der Waals surface area contributed by atoms with Crippen LogP contribution in [0, 0.1) is 0 Å². The molecule has 3 aromatic heterocycles. The van der Waals surface area contributed by atoms with Gasteiger partial charge in [-0.15, -0.1) is 0 Å². The molecule has 0 saturated heterocycles. The van der Waals surface area contributed by atoms with E-state index in [0.29, 0.717) is 24.2 Å². The fraction of sp³-hybridized carbons (Fsp3) is 0.333. The van der Waals surface area contributed by atoms with Gasteiger partial charge in [0.05, 0.1) is 18.1 Å². The minimum atomic E-state index is 0.541. The molecule has 8 nitrogen and oxygen atoms in total. The van der Waals surface area contributed by atoms with Crippen LogP contribution in [0.1, 0.15) is 30.7 Å². The predicted molar refractivity (Wildman–Crippen MR) is 99.2 cm³/mol.